The molecule has 3 N–H and O–H groups in total. The second-order valence-electron chi connectivity index (χ2n) is 8.24. The topological polar surface area (TPSA) is 108 Å². The van der Waals surface area contributed by atoms with Crippen molar-refractivity contribution in [3.8, 4) is 23.2 Å². The van der Waals surface area contributed by atoms with Crippen molar-refractivity contribution in [2.75, 3.05) is 4.90 Å². The molecule has 0 radical (unpaired) electrons. The van der Waals surface area contributed by atoms with E-state index in [4.69, 9.17) is 10.5 Å². The normalized spacial score (nSPS) is 18.4. The third-order valence-corrected chi connectivity index (χ3v) is 6.46. The average molecular weight is 445 g/mol. The lowest BCUT2D eigenvalue weighted by Crippen LogP contribution is -2.45. The molecule has 34 heavy (non-hydrogen) atoms. The zero-order valence-electron chi connectivity index (χ0n) is 18.0. The van der Waals surface area contributed by atoms with E-state index in [1.807, 2.05) is 84.9 Å². The molecule has 4 aromatic rings. The second kappa shape index (κ2) is 7.36. The number of fused-ring (bicyclic) bond motifs is 4. The Kier molecular flexibility index (Phi) is 4.29. The molecule has 2 aliphatic heterocycles. The highest BCUT2D eigenvalue weighted by Gasteiger charge is 2.61. The number of nitriles is 1. The van der Waals surface area contributed by atoms with E-state index in [1.165, 1.54) is 0 Å². The molecular formula is C27H19N5O2. The number of ether oxygens (including phenoxy) is 1. The standard InChI is InChI=1S/C27H19N5O2/c28-15-20-24(29)34-25-22(23(30-31-25)18-11-5-2-6-12-18)27(20)19-13-7-8-14-21(19)32(26(27)33)16-17-9-3-1-4-10-17/h1-14H,16,29H2,(H,30,31)/t27-/m1/s1. The molecule has 3 heterocycles. The van der Waals surface area contributed by atoms with Gasteiger partial charge in [-0.05, 0) is 11.6 Å². The van der Waals surface area contributed by atoms with Gasteiger partial charge in [0.05, 0.1) is 17.8 Å². The van der Waals surface area contributed by atoms with Gasteiger partial charge in [0.15, 0.2) is 0 Å². The van der Waals surface area contributed by atoms with Gasteiger partial charge >= 0.3 is 0 Å². The third-order valence-electron chi connectivity index (χ3n) is 6.46. The molecule has 7 nitrogen and oxygen atoms in total. The average Bonchev–Trinajstić information content (AvgIpc) is 3.40. The van der Waals surface area contributed by atoms with Gasteiger partial charge in [-0.3, -0.25) is 9.89 Å². The summed E-state index contributed by atoms with van der Waals surface area (Å²) in [6.07, 6.45) is 0. The van der Waals surface area contributed by atoms with Crippen molar-refractivity contribution in [3.63, 3.8) is 0 Å². The van der Waals surface area contributed by atoms with Crippen molar-refractivity contribution < 1.29 is 9.53 Å². The molecule has 164 valence electrons. The van der Waals surface area contributed by atoms with Gasteiger partial charge in [-0.25, -0.2) is 0 Å². The Hall–Kier alpha value is -4.83. The van der Waals surface area contributed by atoms with E-state index in [0.29, 0.717) is 23.4 Å². The monoisotopic (exact) mass is 445 g/mol. The third kappa shape index (κ3) is 2.57. The number of amides is 1. The number of hydrogen-bond donors (Lipinski definition) is 2. The van der Waals surface area contributed by atoms with Gasteiger partial charge in [-0.1, -0.05) is 78.9 Å². The summed E-state index contributed by atoms with van der Waals surface area (Å²) in [4.78, 5) is 16.2. The number of carbonyl (C=O) groups excluding carboxylic acids is 1. The molecule has 0 saturated heterocycles. The van der Waals surface area contributed by atoms with Gasteiger partial charge in [-0.15, -0.1) is 5.10 Å². The fourth-order valence-electron chi connectivity index (χ4n) is 5.02. The predicted octanol–water partition coefficient (Wildman–Crippen LogP) is 4.00. The minimum atomic E-state index is -1.48. The van der Waals surface area contributed by atoms with Crippen LogP contribution in [0.4, 0.5) is 5.69 Å². The van der Waals surface area contributed by atoms with Crippen LogP contribution in [0.3, 0.4) is 0 Å². The zero-order valence-corrected chi connectivity index (χ0v) is 18.0. The van der Waals surface area contributed by atoms with Gasteiger partial charge in [0, 0.05) is 16.8 Å². The van der Waals surface area contributed by atoms with Crippen molar-refractivity contribution in [2.24, 2.45) is 5.73 Å². The first-order chi connectivity index (χ1) is 16.7. The van der Waals surface area contributed by atoms with Crippen molar-refractivity contribution in [1.82, 2.24) is 10.2 Å². The SMILES string of the molecule is N#CC1=C(N)Oc2n[nH]c(-c3ccccc3)c2[C@]12C(=O)N(Cc1ccccc1)c1ccccc12. The Morgan fingerprint density at radius 1 is 1.00 bits per heavy atom. The van der Waals surface area contributed by atoms with Gasteiger partial charge in [0.25, 0.3) is 0 Å². The van der Waals surface area contributed by atoms with E-state index in [-0.39, 0.29) is 23.2 Å². The molecule has 1 aromatic heterocycles. The van der Waals surface area contributed by atoms with Gasteiger partial charge < -0.3 is 15.4 Å². The predicted molar refractivity (Wildman–Crippen MR) is 126 cm³/mol. The van der Waals surface area contributed by atoms with Gasteiger partial charge in [-0.2, -0.15) is 5.26 Å². The number of benzene rings is 3. The van der Waals surface area contributed by atoms with Crippen molar-refractivity contribution >= 4 is 11.6 Å². The number of nitrogens with zero attached hydrogens (tertiary/aromatic N) is 3. The van der Waals surface area contributed by atoms with Crippen molar-refractivity contribution in [2.45, 2.75) is 12.0 Å². The molecule has 1 spiro atoms. The Labute approximate surface area is 195 Å². The van der Waals surface area contributed by atoms with E-state index < -0.39 is 5.41 Å². The summed E-state index contributed by atoms with van der Waals surface area (Å²) >= 11 is 0. The Morgan fingerprint density at radius 2 is 1.68 bits per heavy atom. The highest BCUT2D eigenvalue weighted by atomic mass is 16.5. The molecule has 3 aromatic carbocycles. The number of H-pyrrole nitrogens is 1. The first-order valence-corrected chi connectivity index (χ1v) is 10.8. The van der Waals surface area contributed by atoms with Gasteiger partial charge in [0.1, 0.15) is 17.1 Å². The summed E-state index contributed by atoms with van der Waals surface area (Å²) in [5, 5.41) is 17.6. The Balaban J connectivity index is 1.65. The maximum atomic E-state index is 14.5. The largest absolute Gasteiger partial charge is 0.420 e. The molecular weight excluding hydrogens is 426 g/mol. The highest BCUT2D eigenvalue weighted by Crippen LogP contribution is 2.57. The minimum absolute atomic E-state index is 0.0617. The van der Waals surface area contributed by atoms with Crippen LogP contribution >= 0.6 is 0 Å². The summed E-state index contributed by atoms with van der Waals surface area (Å²) in [6, 6.07) is 29.0. The lowest BCUT2D eigenvalue weighted by molar-refractivity contribution is -0.121. The summed E-state index contributed by atoms with van der Waals surface area (Å²) in [5.41, 5.74) is 9.13. The van der Waals surface area contributed by atoms with E-state index in [9.17, 15) is 10.1 Å². The Morgan fingerprint density at radius 3 is 2.41 bits per heavy atom. The van der Waals surface area contributed by atoms with Crippen LogP contribution in [0.1, 0.15) is 16.7 Å². The molecule has 7 heteroatoms. The summed E-state index contributed by atoms with van der Waals surface area (Å²) in [7, 11) is 0. The van der Waals surface area contributed by atoms with Crippen LogP contribution in [0.25, 0.3) is 11.3 Å². The summed E-state index contributed by atoms with van der Waals surface area (Å²) in [5.74, 6) is -0.189. The van der Waals surface area contributed by atoms with Crippen LogP contribution in [0, 0.1) is 11.3 Å². The molecule has 0 bridgehead atoms. The maximum absolute atomic E-state index is 14.5. The van der Waals surface area contributed by atoms with Crippen molar-refractivity contribution in [1.29, 1.82) is 5.26 Å². The number of anilines is 1. The number of nitrogens with one attached hydrogen (secondary N) is 1. The number of carbonyl (C=O) groups is 1. The number of nitrogens with two attached hydrogens (primary N) is 1. The smallest absolute Gasteiger partial charge is 0.248 e. The number of para-hydroxylation sites is 1. The molecule has 0 unspecified atom stereocenters. The van der Waals surface area contributed by atoms with Gasteiger partial charge in [0.2, 0.25) is 17.7 Å². The first-order valence-electron chi connectivity index (χ1n) is 10.8. The first kappa shape index (κ1) is 19.8. The van der Waals surface area contributed by atoms with Crippen LogP contribution in [-0.4, -0.2) is 16.1 Å². The lowest BCUT2D eigenvalue weighted by atomic mass is 9.68. The molecule has 0 saturated carbocycles. The van der Waals surface area contributed by atoms with E-state index in [2.05, 4.69) is 16.3 Å². The zero-order chi connectivity index (χ0) is 23.3. The number of aromatic nitrogens is 2. The fraction of sp³-hybridized carbons (Fsp3) is 0.0741. The molecule has 6 rings (SSSR count). The van der Waals surface area contributed by atoms with E-state index in [1.54, 1.807) is 4.90 Å². The van der Waals surface area contributed by atoms with Crippen molar-refractivity contribution in [3.05, 3.63) is 113 Å². The number of rotatable bonds is 3. The number of hydrogen-bond acceptors (Lipinski definition) is 5. The molecule has 1 atom stereocenters. The highest BCUT2D eigenvalue weighted by molar-refractivity contribution is 6.15. The molecule has 0 fully saturated rings. The molecule has 0 aliphatic carbocycles. The van der Waals surface area contributed by atoms with Crippen LogP contribution in [-0.2, 0) is 16.8 Å². The molecule has 1 amide bonds. The lowest BCUT2D eigenvalue weighted by Gasteiger charge is -2.32. The summed E-state index contributed by atoms with van der Waals surface area (Å²) in [6.45, 7) is 0.353. The Bertz CT molecular complexity index is 1500. The fourth-order valence-corrected chi connectivity index (χ4v) is 5.02. The van der Waals surface area contributed by atoms with E-state index in [0.717, 1.165) is 16.8 Å². The molecule has 2 aliphatic rings. The van der Waals surface area contributed by atoms with Crippen LogP contribution in [0.5, 0.6) is 5.88 Å². The summed E-state index contributed by atoms with van der Waals surface area (Å²) < 4.78 is 5.76. The maximum Gasteiger partial charge on any atom is 0.248 e. The second-order valence-corrected chi connectivity index (χ2v) is 8.24. The minimum Gasteiger partial charge on any atom is -0.420 e. The van der Waals surface area contributed by atoms with E-state index >= 15 is 0 Å². The number of aromatic amines is 1. The quantitative estimate of drug-likeness (QED) is 0.496. The van der Waals surface area contributed by atoms with Crippen LogP contribution < -0.4 is 15.4 Å². The van der Waals surface area contributed by atoms with Crippen LogP contribution in [0.15, 0.2) is 96.4 Å². The van der Waals surface area contributed by atoms with Crippen LogP contribution in [0.2, 0.25) is 0 Å².